The molecular weight excluding hydrogens is 242 g/mol. The van der Waals surface area contributed by atoms with E-state index in [-0.39, 0.29) is 17.5 Å². The minimum Gasteiger partial charge on any atom is -0.337 e. The Morgan fingerprint density at radius 3 is 2.63 bits per heavy atom. The third kappa shape index (κ3) is 1.73. The summed E-state index contributed by atoms with van der Waals surface area (Å²) in [4.78, 5) is 30.1. The van der Waals surface area contributed by atoms with E-state index in [0.717, 1.165) is 11.0 Å². The molecule has 1 fully saturated rings. The summed E-state index contributed by atoms with van der Waals surface area (Å²) < 4.78 is 1.61. The molecule has 0 spiro atoms. The molecule has 1 saturated heterocycles. The number of nitrogens with zero attached hydrogens (tertiary/aromatic N) is 3. The van der Waals surface area contributed by atoms with Gasteiger partial charge in [0.25, 0.3) is 5.56 Å². The summed E-state index contributed by atoms with van der Waals surface area (Å²) in [7, 11) is 3.48. The number of para-hydroxylation sites is 2. The Balaban J connectivity index is 2.22. The summed E-state index contributed by atoms with van der Waals surface area (Å²) >= 11 is 0. The molecule has 5 nitrogen and oxygen atoms in total. The molecule has 1 aliphatic rings. The van der Waals surface area contributed by atoms with Crippen LogP contribution in [0.1, 0.15) is 24.6 Å². The van der Waals surface area contributed by atoms with Gasteiger partial charge in [-0.3, -0.25) is 9.59 Å². The molecule has 2 aromatic rings. The second kappa shape index (κ2) is 4.19. The van der Waals surface area contributed by atoms with E-state index in [9.17, 15) is 9.59 Å². The van der Waals surface area contributed by atoms with Gasteiger partial charge in [-0.1, -0.05) is 12.1 Å². The number of fused-ring (bicyclic) bond motifs is 1. The highest BCUT2D eigenvalue weighted by Gasteiger charge is 2.32. The molecule has 98 valence electrons. The minimum absolute atomic E-state index is 0.0713. The van der Waals surface area contributed by atoms with E-state index >= 15 is 0 Å². The van der Waals surface area contributed by atoms with Crippen molar-refractivity contribution in [2.24, 2.45) is 7.05 Å². The molecule has 2 heterocycles. The number of amides is 1. The Morgan fingerprint density at radius 2 is 1.95 bits per heavy atom. The van der Waals surface area contributed by atoms with Crippen LogP contribution < -0.4 is 5.56 Å². The van der Waals surface area contributed by atoms with E-state index in [1.54, 1.807) is 23.6 Å². The zero-order chi connectivity index (χ0) is 13.6. The van der Waals surface area contributed by atoms with Crippen molar-refractivity contribution in [1.29, 1.82) is 0 Å². The van der Waals surface area contributed by atoms with Gasteiger partial charge in [0.2, 0.25) is 5.91 Å². The molecule has 0 radical (unpaired) electrons. The van der Waals surface area contributed by atoms with Crippen LogP contribution in [0.2, 0.25) is 0 Å². The number of hydrogen-bond donors (Lipinski definition) is 0. The summed E-state index contributed by atoms with van der Waals surface area (Å²) in [6.07, 6.45) is 1.15. The maximum Gasteiger partial charge on any atom is 0.274 e. The van der Waals surface area contributed by atoms with Crippen molar-refractivity contribution >= 4 is 16.9 Å². The highest BCUT2D eigenvalue weighted by atomic mass is 16.2. The van der Waals surface area contributed by atoms with Crippen LogP contribution in [0.25, 0.3) is 11.0 Å². The van der Waals surface area contributed by atoms with Gasteiger partial charge in [-0.2, -0.15) is 0 Å². The number of benzene rings is 1. The fraction of sp³-hybridized carbons (Fsp3) is 0.357. The van der Waals surface area contributed by atoms with Gasteiger partial charge in [-0.15, -0.1) is 0 Å². The molecule has 1 atom stereocenters. The Bertz CT molecular complexity index is 720. The fourth-order valence-electron chi connectivity index (χ4n) is 2.64. The van der Waals surface area contributed by atoms with Crippen LogP contribution in [0.5, 0.6) is 0 Å². The van der Waals surface area contributed by atoms with Gasteiger partial charge < -0.3 is 9.47 Å². The molecule has 1 aromatic heterocycles. The summed E-state index contributed by atoms with van der Waals surface area (Å²) in [6, 6.07) is 7.34. The number of hydrogen-bond acceptors (Lipinski definition) is 3. The molecule has 19 heavy (non-hydrogen) atoms. The Kier molecular flexibility index (Phi) is 2.62. The number of carbonyl (C=O) groups excluding carboxylic acids is 1. The van der Waals surface area contributed by atoms with Crippen molar-refractivity contribution in [2.75, 3.05) is 7.05 Å². The molecular formula is C14H15N3O2. The molecule has 0 N–H and O–H groups in total. The topological polar surface area (TPSA) is 55.2 Å². The lowest BCUT2D eigenvalue weighted by atomic mass is 10.1. The third-order valence-electron chi connectivity index (χ3n) is 3.82. The molecule has 0 aliphatic carbocycles. The summed E-state index contributed by atoms with van der Waals surface area (Å²) in [5.74, 6) is 0.0713. The van der Waals surface area contributed by atoms with Crippen LogP contribution in [-0.4, -0.2) is 27.4 Å². The predicted molar refractivity (Wildman–Crippen MR) is 71.7 cm³/mol. The summed E-state index contributed by atoms with van der Waals surface area (Å²) in [5.41, 5.74) is 1.94. The maximum absolute atomic E-state index is 12.4. The zero-order valence-corrected chi connectivity index (χ0v) is 11.0. The number of rotatable bonds is 1. The second-order valence-corrected chi connectivity index (χ2v) is 4.91. The second-order valence-electron chi connectivity index (χ2n) is 4.91. The van der Waals surface area contributed by atoms with Gasteiger partial charge in [0, 0.05) is 20.5 Å². The molecule has 0 bridgehead atoms. The quantitative estimate of drug-likeness (QED) is 0.772. The molecule has 5 heteroatoms. The normalized spacial score (nSPS) is 19.4. The van der Waals surface area contributed by atoms with E-state index < -0.39 is 0 Å². The zero-order valence-electron chi connectivity index (χ0n) is 11.0. The number of likely N-dealkylation sites (tertiary alicyclic amines) is 1. The van der Waals surface area contributed by atoms with E-state index in [0.29, 0.717) is 18.5 Å². The van der Waals surface area contributed by atoms with E-state index in [1.165, 1.54) is 0 Å². The Hall–Kier alpha value is -2.17. The van der Waals surface area contributed by atoms with Crippen molar-refractivity contribution in [2.45, 2.75) is 18.9 Å². The van der Waals surface area contributed by atoms with Gasteiger partial charge >= 0.3 is 0 Å². The van der Waals surface area contributed by atoms with Gasteiger partial charge in [-0.05, 0) is 18.6 Å². The summed E-state index contributed by atoms with van der Waals surface area (Å²) in [6.45, 7) is 0. The standard InChI is InChI=1S/C14H15N3O2/c1-16-11(7-8-12(16)18)13-14(19)17(2)10-6-4-3-5-9(10)15-13/h3-6,11H,7-8H2,1-2H3/t11-/m1/s1. The highest BCUT2D eigenvalue weighted by Crippen LogP contribution is 2.28. The monoisotopic (exact) mass is 257 g/mol. The number of carbonyl (C=O) groups is 1. The number of aromatic nitrogens is 2. The van der Waals surface area contributed by atoms with Crippen LogP contribution in [0.15, 0.2) is 29.1 Å². The first kappa shape index (κ1) is 11.9. The lowest BCUT2D eigenvalue weighted by Gasteiger charge is -2.19. The van der Waals surface area contributed by atoms with Crippen molar-refractivity contribution in [1.82, 2.24) is 14.5 Å². The number of aryl methyl sites for hydroxylation is 1. The van der Waals surface area contributed by atoms with Crippen LogP contribution in [0.4, 0.5) is 0 Å². The average molecular weight is 257 g/mol. The van der Waals surface area contributed by atoms with Crippen LogP contribution >= 0.6 is 0 Å². The molecule has 1 aromatic carbocycles. The van der Waals surface area contributed by atoms with Crippen LogP contribution in [0.3, 0.4) is 0 Å². The van der Waals surface area contributed by atoms with Gasteiger partial charge in [0.15, 0.2) is 0 Å². The van der Waals surface area contributed by atoms with Crippen molar-refractivity contribution in [3.05, 3.63) is 40.3 Å². The average Bonchev–Trinajstić information content (AvgIpc) is 2.75. The highest BCUT2D eigenvalue weighted by molar-refractivity contribution is 5.79. The fourth-order valence-corrected chi connectivity index (χ4v) is 2.64. The minimum atomic E-state index is -0.198. The van der Waals surface area contributed by atoms with E-state index in [1.807, 2.05) is 24.3 Å². The first-order chi connectivity index (χ1) is 9.09. The van der Waals surface area contributed by atoms with E-state index in [2.05, 4.69) is 4.98 Å². The molecule has 1 amide bonds. The lowest BCUT2D eigenvalue weighted by Crippen LogP contribution is -2.31. The Morgan fingerprint density at radius 1 is 1.21 bits per heavy atom. The lowest BCUT2D eigenvalue weighted by molar-refractivity contribution is -0.127. The SMILES string of the molecule is CN1C(=O)CC[C@@H]1c1nc2ccccc2n(C)c1=O. The third-order valence-corrected chi connectivity index (χ3v) is 3.82. The molecule has 1 aliphatic heterocycles. The summed E-state index contributed by atoms with van der Waals surface area (Å²) in [5, 5.41) is 0. The molecule has 3 rings (SSSR count). The van der Waals surface area contributed by atoms with Crippen molar-refractivity contribution in [3.63, 3.8) is 0 Å². The smallest absolute Gasteiger partial charge is 0.274 e. The van der Waals surface area contributed by atoms with Gasteiger partial charge in [0.1, 0.15) is 5.69 Å². The van der Waals surface area contributed by atoms with Crippen molar-refractivity contribution in [3.8, 4) is 0 Å². The van der Waals surface area contributed by atoms with Crippen LogP contribution in [-0.2, 0) is 11.8 Å². The Labute approximate surface area is 110 Å². The maximum atomic E-state index is 12.4. The molecule has 0 unspecified atom stereocenters. The van der Waals surface area contributed by atoms with Crippen LogP contribution in [0, 0.1) is 0 Å². The largest absolute Gasteiger partial charge is 0.337 e. The van der Waals surface area contributed by atoms with E-state index in [4.69, 9.17) is 0 Å². The first-order valence-corrected chi connectivity index (χ1v) is 6.31. The van der Waals surface area contributed by atoms with Gasteiger partial charge in [0.05, 0.1) is 17.1 Å². The first-order valence-electron chi connectivity index (χ1n) is 6.31. The predicted octanol–water partition coefficient (Wildman–Crippen LogP) is 1.23. The molecule has 0 saturated carbocycles. The van der Waals surface area contributed by atoms with Gasteiger partial charge in [-0.25, -0.2) is 4.98 Å². The van der Waals surface area contributed by atoms with Crippen molar-refractivity contribution < 1.29 is 4.79 Å².